The lowest BCUT2D eigenvalue weighted by atomic mass is 9.76. The number of fused-ring (bicyclic) bond motifs is 1. The number of hydrogen-bond acceptors (Lipinski definition) is 2. The molecule has 1 fully saturated rings. The standard InChI is InChI=1S/C24H30N2O/c1-17-14-22(27-4)20(19-10-12-25-23(17)19)16-26-13-11-24(2,3)15-21(26)18-8-6-5-7-9-18/h5-10,12,14,21,25H,11,13,15-16H2,1-4H3. The van der Waals surface area contributed by atoms with E-state index in [4.69, 9.17) is 4.74 Å². The molecule has 3 heteroatoms. The molecule has 1 N–H and O–H groups in total. The molecule has 2 heterocycles. The average molecular weight is 363 g/mol. The highest BCUT2D eigenvalue weighted by atomic mass is 16.5. The van der Waals surface area contributed by atoms with E-state index in [0.29, 0.717) is 11.5 Å². The summed E-state index contributed by atoms with van der Waals surface area (Å²) >= 11 is 0. The van der Waals surface area contributed by atoms with Gasteiger partial charge in [0, 0.05) is 35.2 Å². The van der Waals surface area contributed by atoms with E-state index in [2.05, 4.69) is 73.1 Å². The van der Waals surface area contributed by atoms with Crippen molar-refractivity contribution in [2.24, 2.45) is 5.41 Å². The first-order valence-electron chi connectivity index (χ1n) is 9.91. The summed E-state index contributed by atoms with van der Waals surface area (Å²) < 4.78 is 5.79. The van der Waals surface area contributed by atoms with E-state index >= 15 is 0 Å². The molecule has 142 valence electrons. The molecule has 0 aliphatic carbocycles. The number of piperidine rings is 1. The average Bonchev–Trinajstić information content (AvgIpc) is 3.16. The zero-order valence-corrected chi connectivity index (χ0v) is 16.9. The molecule has 0 bridgehead atoms. The summed E-state index contributed by atoms with van der Waals surface area (Å²) in [6.07, 6.45) is 4.44. The largest absolute Gasteiger partial charge is 0.496 e. The van der Waals surface area contributed by atoms with Crippen LogP contribution in [0.15, 0.2) is 48.7 Å². The second kappa shape index (κ2) is 7.05. The third-order valence-electron chi connectivity index (χ3n) is 6.14. The van der Waals surface area contributed by atoms with Crippen LogP contribution in [-0.2, 0) is 6.54 Å². The van der Waals surface area contributed by atoms with Gasteiger partial charge in [-0.2, -0.15) is 0 Å². The summed E-state index contributed by atoms with van der Waals surface area (Å²) in [7, 11) is 1.78. The van der Waals surface area contributed by atoms with Gasteiger partial charge in [0.25, 0.3) is 0 Å². The predicted octanol–water partition coefficient (Wildman–Crippen LogP) is 5.85. The molecular weight excluding hydrogens is 332 g/mol. The topological polar surface area (TPSA) is 28.3 Å². The number of likely N-dealkylation sites (tertiary alicyclic amines) is 1. The van der Waals surface area contributed by atoms with Gasteiger partial charge in [0.15, 0.2) is 0 Å². The number of H-pyrrole nitrogens is 1. The molecule has 2 aromatic carbocycles. The number of rotatable bonds is 4. The first kappa shape index (κ1) is 18.1. The number of aromatic nitrogens is 1. The smallest absolute Gasteiger partial charge is 0.124 e. The second-order valence-corrected chi connectivity index (χ2v) is 8.66. The third-order valence-corrected chi connectivity index (χ3v) is 6.14. The van der Waals surface area contributed by atoms with Gasteiger partial charge >= 0.3 is 0 Å². The molecule has 1 aliphatic rings. The Labute approximate surface area is 162 Å². The number of nitrogens with one attached hydrogen (secondary N) is 1. The highest BCUT2D eigenvalue weighted by molar-refractivity contribution is 5.88. The molecule has 4 rings (SSSR count). The summed E-state index contributed by atoms with van der Waals surface area (Å²) in [6, 6.07) is 15.8. The Morgan fingerprint density at radius 3 is 2.70 bits per heavy atom. The van der Waals surface area contributed by atoms with Gasteiger partial charge in [0.2, 0.25) is 0 Å². The van der Waals surface area contributed by atoms with Gasteiger partial charge in [-0.1, -0.05) is 44.2 Å². The van der Waals surface area contributed by atoms with Crippen molar-refractivity contribution in [3.05, 3.63) is 65.4 Å². The van der Waals surface area contributed by atoms with Gasteiger partial charge in [-0.15, -0.1) is 0 Å². The number of aromatic amines is 1. The lowest BCUT2D eigenvalue weighted by molar-refractivity contribution is 0.0634. The maximum absolute atomic E-state index is 5.79. The van der Waals surface area contributed by atoms with E-state index in [1.165, 1.54) is 40.4 Å². The minimum atomic E-state index is 0.373. The molecule has 1 atom stereocenters. The Balaban J connectivity index is 1.73. The summed E-state index contributed by atoms with van der Waals surface area (Å²) in [4.78, 5) is 6.04. The molecule has 1 saturated heterocycles. The lowest BCUT2D eigenvalue weighted by Crippen LogP contribution is -2.39. The predicted molar refractivity (Wildman–Crippen MR) is 112 cm³/mol. The highest BCUT2D eigenvalue weighted by Gasteiger charge is 2.34. The van der Waals surface area contributed by atoms with Crippen molar-refractivity contribution in [3.8, 4) is 5.75 Å². The van der Waals surface area contributed by atoms with Gasteiger partial charge < -0.3 is 9.72 Å². The van der Waals surface area contributed by atoms with Crippen molar-refractivity contribution in [2.75, 3.05) is 13.7 Å². The number of hydrogen-bond donors (Lipinski definition) is 1. The number of ether oxygens (including phenoxy) is 1. The second-order valence-electron chi connectivity index (χ2n) is 8.66. The zero-order chi connectivity index (χ0) is 19.0. The van der Waals surface area contributed by atoms with E-state index in [1.807, 2.05) is 6.20 Å². The maximum atomic E-state index is 5.79. The number of methoxy groups -OCH3 is 1. The summed E-state index contributed by atoms with van der Waals surface area (Å²) in [6.45, 7) is 8.96. The number of benzene rings is 2. The van der Waals surface area contributed by atoms with Crippen LogP contribution >= 0.6 is 0 Å². The summed E-state index contributed by atoms with van der Waals surface area (Å²) in [5.41, 5.74) is 5.54. The van der Waals surface area contributed by atoms with Crippen molar-refractivity contribution in [1.29, 1.82) is 0 Å². The van der Waals surface area contributed by atoms with Crippen molar-refractivity contribution >= 4 is 10.9 Å². The lowest BCUT2D eigenvalue weighted by Gasteiger charge is -2.44. The molecule has 1 aromatic heterocycles. The molecule has 1 aliphatic heterocycles. The van der Waals surface area contributed by atoms with E-state index < -0.39 is 0 Å². The van der Waals surface area contributed by atoms with Crippen LogP contribution < -0.4 is 4.74 Å². The first-order chi connectivity index (χ1) is 13.0. The van der Waals surface area contributed by atoms with E-state index in [9.17, 15) is 0 Å². The van der Waals surface area contributed by atoms with Crippen molar-refractivity contribution in [3.63, 3.8) is 0 Å². The zero-order valence-electron chi connectivity index (χ0n) is 16.9. The minimum Gasteiger partial charge on any atom is -0.496 e. The van der Waals surface area contributed by atoms with Crippen LogP contribution in [0.3, 0.4) is 0 Å². The fourth-order valence-electron chi connectivity index (χ4n) is 4.53. The Morgan fingerprint density at radius 2 is 1.96 bits per heavy atom. The van der Waals surface area contributed by atoms with Crippen LogP contribution in [0.4, 0.5) is 0 Å². The van der Waals surface area contributed by atoms with Crippen molar-refractivity contribution < 1.29 is 4.74 Å². The molecule has 0 radical (unpaired) electrons. The van der Waals surface area contributed by atoms with Crippen LogP contribution in [0.1, 0.15) is 49.4 Å². The quantitative estimate of drug-likeness (QED) is 0.631. The Bertz CT molecular complexity index is 926. The van der Waals surface area contributed by atoms with E-state index in [1.54, 1.807) is 7.11 Å². The van der Waals surface area contributed by atoms with Crippen LogP contribution in [0, 0.1) is 12.3 Å². The first-order valence-corrected chi connectivity index (χ1v) is 9.91. The van der Waals surface area contributed by atoms with Gasteiger partial charge in [0.1, 0.15) is 5.75 Å². The molecular formula is C24H30N2O. The molecule has 27 heavy (non-hydrogen) atoms. The van der Waals surface area contributed by atoms with Crippen LogP contribution in [0.25, 0.3) is 10.9 Å². The molecule has 0 saturated carbocycles. The van der Waals surface area contributed by atoms with E-state index in [0.717, 1.165) is 18.8 Å². The normalized spacial score (nSPS) is 20.1. The van der Waals surface area contributed by atoms with Crippen molar-refractivity contribution in [1.82, 2.24) is 9.88 Å². The van der Waals surface area contributed by atoms with E-state index in [-0.39, 0.29) is 0 Å². The van der Waals surface area contributed by atoms with Crippen LogP contribution in [0.5, 0.6) is 5.75 Å². The van der Waals surface area contributed by atoms with Gasteiger partial charge in [-0.3, -0.25) is 4.90 Å². The molecule has 3 aromatic rings. The van der Waals surface area contributed by atoms with Gasteiger partial charge in [0.05, 0.1) is 7.11 Å². The van der Waals surface area contributed by atoms with Crippen molar-refractivity contribution in [2.45, 2.75) is 46.2 Å². The SMILES string of the molecule is COc1cc(C)c2[nH]ccc2c1CN1CCC(C)(C)CC1c1ccccc1. The molecule has 3 nitrogen and oxygen atoms in total. The number of aryl methyl sites for hydroxylation is 1. The van der Waals surface area contributed by atoms with Gasteiger partial charge in [-0.25, -0.2) is 0 Å². The fraction of sp³-hybridized carbons (Fsp3) is 0.417. The minimum absolute atomic E-state index is 0.373. The Morgan fingerprint density at radius 1 is 1.19 bits per heavy atom. The van der Waals surface area contributed by atoms with Crippen LogP contribution in [-0.4, -0.2) is 23.5 Å². The molecule has 0 amide bonds. The van der Waals surface area contributed by atoms with Gasteiger partial charge in [-0.05, 0) is 55.0 Å². The maximum Gasteiger partial charge on any atom is 0.124 e. The monoisotopic (exact) mass is 362 g/mol. The number of nitrogens with zero attached hydrogens (tertiary/aromatic N) is 1. The fourth-order valence-corrected chi connectivity index (χ4v) is 4.53. The summed E-state index contributed by atoms with van der Waals surface area (Å²) in [5.74, 6) is 0.997. The third kappa shape index (κ3) is 3.49. The van der Waals surface area contributed by atoms with Crippen LogP contribution in [0.2, 0.25) is 0 Å². The Hall–Kier alpha value is -2.26. The Kier molecular flexibility index (Phi) is 4.73. The molecule has 1 unspecified atom stereocenters. The molecule has 0 spiro atoms. The summed E-state index contributed by atoms with van der Waals surface area (Å²) in [5, 5.41) is 1.28. The highest BCUT2D eigenvalue weighted by Crippen LogP contribution is 2.43.